The van der Waals surface area contributed by atoms with E-state index in [4.69, 9.17) is 4.74 Å². The van der Waals surface area contributed by atoms with Gasteiger partial charge < -0.3 is 9.64 Å². The van der Waals surface area contributed by atoms with Crippen molar-refractivity contribution in [2.45, 2.75) is 39.7 Å². The van der Waals surface area contributed by atoms with Crippen molar-refractivity contribution in [1.82, 2.24) is 19.7 Å². The highest BCUT2D eigenvalue weighted by Gasteiger charge is 2.65. The van der Waals surface area contributed by atoms with Crippen LogP contribution in [0.4, 0.5) is 5.95 Å². The molecule has 2 aliphatic rings. The van der Waals surface area contributed by atoms with E-state index in [1.54, 1.807) is 19.0 Å². The summed E-state index contributed by atoms with van der Waals surface area (Å²) in [6, 6.07) is 0.118. The van der Waals surface area contributed by atoms with Crippen molar-refractivity contribution in [2.75, 3.05) is 31.9 Å². The van der Waals surface area contributed by atoms with Gasteiger partial charge in [0.15, 0.2) is 5.82 Å². The zero-order chi connectivity index (χ0) is 20.0. The maximum atomic E-state index is 12.8. The molecule has 1 heterocycles. The number of ketones is 1. The fourth-order valence-electron chi connectivity index (χ4n) is 4.41. The third-order valence-corrected chi connectivity index (χ3v) is 7.71. The zero-order valence-electron chi connectivity index (χ0n) is 16.4. The minimum atomic E-state index is -3.69. The Morgan fingerprint density at radius 3 is 2.48 bits per heavy atom. The standard InChI is InChI=1S/C17H27N5O4S/c1-16(2)11-6-7-17(16,12(23)8-11)10-27(24,25)18-9-13-19-14(22(3)4)21-15(20-13)26-5/h11,18H,6-10H2,1-5H3/t11?,17-/m1/s1. The van der Waals surface area contributed by atoms with E-state index in [-0.39, 0.29) is 41.2 Å². The predicted octanol–water partition coefficient (Wildman–Crippen LogP) is 0.761. The Morgan fingerprint density at radius 2 is 1.96 bits per heavy atom. The maximum Gasteiger partial charge on any atom is 0.321 e. The zero-order valence-corrected chi connectivity index (χ0v) is 17.3. The minimum Gasteiger partial charge on any atom is -0.467 e. The number of carbonyl (C=O) groups excluding carboxylic acids is 1. The van der Waals surface area contributed by atoms with Gasteiger partial charge in [-0.2, -0.15) is 15.0 Å². The van der Waals surface area contributed by atoms with Gasteiger partial charge in [-0.15, -0.1) is 0 Å². The lowest BCUT2D eigenvalue weighted by molar-refractivity contribution is -0.128. The normalized spacial score (nSPS) is 26.4. The number of hydrogen-bond donors (Lipinski definition) is 1. The molecule has 2 saturated carbocycles. The second kappa shape index (κ2) is 6.66. The van der Waals surface area contributed by atoms with Crippen molar-refractivity contribution in [3.05, 3.63) is 5.82 Å². The van der Waals surface area contributed by atoms with E-state index in [1.165, 1.54) is 7.11 Å². The smallest absolute Gasteiger partial charge is 0.321 e. The topological polar surface area (TPSA) is 114 Å². The molecule has 10 heteroatoms. The van der Waals surface area contributed by atoms with Crippen LogP contribution in [0, 0.1) is 16.7 Å². The number of aromatic nitrogens is 3. The molecule has 1 aromatic heterocycles. The van der Waals surface area contributed by atoms with Gasteiger partial charge in [0.1, 0.15) is 5.78 Å². The summed E-state index contributed by atoms with van der Waals surface area (Å²) in [4.78, 5) is 26.7. The largest absolute Gasteiger partial charge is 0.467 e. The Hall–Kier alpha value is -1.81. The molecule has 0 spiro atoms. The molecular weight excluding hydrogens is 370 g/mol. The number of nitrogens with zero attached hydrogens (tertiary/aromatic N) is 4. The molecule has 2 atom stereocenters. The van der Waals surface area contributed by atoms with Crippen LogP contribution in [0.3, 0.4) is 0 Å². The number of methoxy groups -OCH3 is 1. The lowest BCUT2D eigenvalue weighted by Gasteiger charge is -2.36. The third-order valence-electron chi connectivity index (χ3n) is 6.26. The molecule has 150 valence electrons. The highest BCUT2D eigenvalue weighted by Crippen LogP contribution is 2.64. The Balaban J connectivity index is 1.77. The Morgan fingerprint density at radius 1 is 1.26 bits per heavy atom. The second-order valence-corrected chi connectivity index (χ2v) is 9.99. The molecular formula is C17H27N5O4S. The summed E-state index contributed by atoms with van der Waals surface area (Å²) >= 11 is 0. The second-order valence-electron chi connectivity index (χ2n) is 8.18. The number of ether oxygens (including phenoxy) is 1. The Kier molecular flexibility index (Phi) is 4.92. The van der Waals surface area contributed by atoms with E-state index < -0.39 is 15.4 Å². The van der Waals surface area contributed by atoms with Crippen molar-refractivity contribution >= 4 is 21.8 Å². The molecule has 2 bridgehead atoms. The molecule has 1 aromatic rings. The summed E-state index contributed by atoms with van der Waals surface area (Å²) in [5.74, 6) is 0.792. The van der Waals surface area contributed by atoms with Crippen molar-refractivity contribution < 1.29 is 17.9 Å². The van der Waals surface area contributed by atoms with Gasteiger partial charge in [-0.3, -0.25) is 4.79 Å². The summed E-state index contributed by atoms with van der Waals surface area (Å²) in [7, 11) is 1.29. The van der Waals surface area contributed by atoms with Gasteiger partial charge in [-0.25, -0.2) is 13.1 Å². The number of Topliss-reactive ketones (excluding diaryl/α,β-unsaturated/α-hetero) is 1. The van der Waals surface area contributed by atoms with Gasteiger partial charge in [-0.1, -0.05) is 13.8 Å². The SMILES string of the molecule is COc1nc(CNS(=O)(=O)C[C@]23CCC(CC2=O)C3(C)C)nc(N(C)C)n1. The summed E-state index contributed by atoms with van der Waals surface area (Å²) in [6.07, 6.45) is 2.03. The van der Waals surface area contributed by atoms with Crippen LogP contribution < -0.4 is 14.4 Å². The van der Waals surface area contributed by atoms with Crippen LogP contribution in [0.2, 0.25) is 0 Å². The number of nitrogens with one attached hydrogen (secondary N) is 1. The van der Waals surface area contributed by atoms with Crippen molar-refractivity contribution in [3.63, 3.8) is 0 Å². The van der Waals surface area contributed by atoms with Crippen LogP contribution in [-0.4, -0.2) is 56.1 Å². The van der Waals surface area contributed by atoms with E-state index in [9.17, 15) is 13.2 Å². The fraction of sp³-hybridized carbons (Fsp3) is 0.765. The first-order chi connectivity index (χ1) is 12.5. The molecule has 0 amide bonds. The molecule has 0 radical (unpaired) electrons. The van der Waals surface area contributed by atoms with E-state index in [1.807, 2.05) is 13.8 Å². The lowest BCUT2D eigenvalue weighted by atomic mass is 9.70. The Bertz CT molecular complexity index is 855. The molecule has 1 N–H and O–H groups in total. The van der Waals surface area contributed by atoms with Crippen LogP contribution in [0.5, 0.6) is 6.01 Å². The van der Waals surface area contributed by atoms with E-state index in [0.29, 0.717) is 18.8 Å². The highest BCUT2D eigenvalue weighted by atomic mass is 32.2. The van der Waals surface area contributed by atoms with Gasteiger partial charge >= 0.3 is 6.01 Å². The molecule has 1 unspecified atom stereocenters. The molecule has 2 aliphatic carbocycles. The van der Waals surface area contributed by atoms with Crippen molar-refractivity contribution in [3.8, 4) is 6.01 Å². The van der Waals surface area contributed by atoms with Gasteiger partial charge in [0.2, 0.25) is 16.0 Å². The van der Waals surface area contributed by atoms with Gasteiger partial charge in [0.25, 0.3) is 0 Å². The molecule has 3 rings (SSSR count). The monoisotopic (exact) mass is 397 g/mol. The number of fused-ring (bicyclic) bond motifs is 2. The molecule has 0 aromatic carbocycles. The molecule has 2 fully saturated rings. The first kappa shape index (κ1) is 19.9. The lowest BCUT2D eigenvalue weighted by Crippen LogP contribution is -2.45. The van der Waals surface area contributed by atoms with Gasteiger partial charge in [0, 0.05) is 25.9 Å². The number of hydrogen-bond acceptors (Lipinski definition) is 8. The van der Waals surface area contributed by atoms with Crippen LogP contribution in [0.15, 0.2) is 0 Å². The number of rotatable bonds is 7. The average Bonchev–Trinajstić information content (AvgIpc) is 2.93. The minimum absolute atomic E-state index is 0.0749. The third kappa shape index (κ3) is 3.40. The summed E-state index contributed by atoms with van der Waals surface area (Å²) in [5, 5.41) is 0. The predicted molar refractivity (Wildman–Crippen MR) is 99.9 cm³/mol. The van der Waals surface area contributed by atoms with Crippen LogP contribution >= 0.6 is 0 Å². The molecule has 0 aliphatic heterocycles. The fourth-order valence-corrected chi connectivity index (χ4v) is 6.19. The summed E-state index contributed by atoms with van der Waals surface area (Å²) in [6.45, 7) is 3.95. The molecule has 9 nitrogen and oxygen atoms in total. The highest BCUT2D eigenvalue weighted by molar-refractivity contribution is 7.89. The van der Waals surface area contributed by atoms with Crippen LogP contribution in [0.25, 0.3) is 0 Å². The molecule has 27 heavy (non-hydrogen) atoms. The van der Waals surface area contributed by atoms with Gasteiger partial charge in [0.05, 0.1) is 19.4 Å². The number of carbonyl (C=O) groups is 1. The van der Waals surface area contributed by atoms with Crippen LogP contribution in [0.1, 0.15) is 38.9 Å². The molecule has 0 saturated heterocycles. The summed E-state index contributed by atoms with van der Waals surface area (Å²) < 4.78 is 33.1. The first-order valence-corrected chi connectivity index (χ1v) is 10.6. The van der Waals surface area contributed by atoms with E-state index >= 15 is 0 Å². The number of anilines is 1. The van der Waals surface area contributed by atoms with Crippen molar-refractivity contribution in [2.24, 2.45) is 16.7 Å². The maximum absolute atomic E-state index is 12.8. The Labute approximate surface area is 160 Å². The summed E-state index contributed by atoms with van der Waals surface area (Å²) in [5.41, 5.74) is -1.09. The van der Waals surface area contributed by atoms with E-state index in [0.717, 1.165) is 6.42 Å². The van der Waals surface area contributed by atoms with Crippen molar-refractivity contribution in [1.29, 1.82) is 0 Å². The van der Waals surface area contributed by atoms with Crippen LogP contribution in [-0.2, 0) is 21.4 Å². The average molecular weight is 398 g/mol. The van der Waals surface area contributed by atoms with E-state index in [2.05, 4.69) is 19.7 Å². The first-order valence-electron chi connectivity index (χ1n) is 8.98. The quantitative estimate of drug-likeness (QED) is 0.717. The van der Waals surface area contributed by atoms with Gasteiger partial charge in [-0.05, 0) is 24.2 Å². The number of sulfonamides is 1.